The molecule has 2 amide bonds. The Kier molecular flexibility index (Phi) is 9.66. The predicted molar refractivity (Wildman–Crippen MR) is 124 cm³/mol. The molecule has 2 rings (SSSR count). The zero-order valence-electron chi connectivity index (χ0n) is 17.6. The summed E-state index contributed by atoms with van der Waals surface area (Å²) >= 11 is 9.54. The predicted octanol–water partition coefficient (Wildman–Crippen LogP) is 5.12. The summed E-state index contributed by atoms with van der Waals surface area (Å²) in [6, 6.07) is 12.2. The van der Waals surface area contributed by atoms with E-state index < -0.39 is 6.04 Å². The first-order valence-corrected chi connectivity index (χ1v) is 11.2. The fourth-order valence-electron chi connectivity index (χ4n) is 2.89. The van der Waals surface area contributed by atoms with Crippen LogP contribution in [0.25, 0.3) is 0 Å². The number of aryl methyl sites for hydroxylation is 1. The Morgan fingerprint density at radius 2 is 2.00 bits per heavy atom. The van der Waals surface area contributed by atoms with Crippen molar-refractivity contribution in [3.63, 3.8) is 0 Å². The summed E-state index contributed by atoms with van der Waals surface area (Å²) in [5.74, 6) is 0.152. The van der Waals surface area contributed by atoms with Crippen molar-refractivity contribution in [2.24, 2.45) is 0 Å². The van der Waals surface area contributed by atoms with Crippen LogP contribution in [0.1, 0.15) is 37.8 Å². The van der Waals surface area contributed by atoms with Gasteiger partial charge in [0.15, 0.2) is 6.61 Å². The van der Waals surface area contributed by atoms with Gasteiger partial charge >= 0.3 is 0 Å². The Labute approximate surface area is 191 Å². The molecule has 2 aromatic rings. The molecule has 1 atom stereocenters. The number of ether oxygens (including phenoxy) is 1. The average molecular weight is 496 g/mol. The standard InChI is InChI=1S/C23H28BrClN2O3/c1-4-5-11-26-23(29)17(3)27(14-18-7-6-8-19(25)13-18)22(28)15-30-20-9-10-21(24)16(2)12-20/h6-10,12-13,17H,4-5,11,14-15H2,1-3H3,(H,26,29). The van der Waals surface area contributed by atoms with Crippen molar-refractivity contribution in [3.05, 3.63) is 63.1 Å². The molecule has 2 aromatic carbocycles. The molecule has 7 heteroatoms. The molecule has 0 saturated heterocycles. The maximum Gasteiger partial charge on any atom is 0.261 e. The van der Waals surface area contributed by atoms with Crippen molar-refractivity contribution in [3.8, 4) is 5.75 Å². The SMILES string of the molecule is CCCCNC(=O)C(C)N(Cc1cccc(Cl)c1)C(=O)COc1ccc(Br)c(C)c1. The molecule has 0 aliphatic heterocycles. The number of hydrogen-bond donors (Lipinski definition) is 1. The topological polar surface area (TPSA) is 58.6 Å². The van der Waals surface area contributed by atoms with E-state index in [0.717, 1.165) is 28.4 Å². The fourth-order valence-corrected chi connectivity index (χ4v) is 3.35. The van der Waals surface area contributed by atoms with E-state index in [0.29, 0.717) is 17.3 Å². The number of carbonyl (C=O) groups excluding carboxylic acids is 2. The minimum atomic E-state index is -0.636. The lowest BCUT2D eigenvalue weighted by atomic mass is 10.1. The molecule has 0 aliphatic carbocycles. The molecule has 0 fully saturated rings. The second kappa shape index (κ2) is 12.0. The number of nitrogens with one attached hydrogen (secondary N) is 1. The first-order chi connectivity index (χ1) is 14.3. The molecular formula is C23H28BrClN2O3. The number of halogens is 2. The Bertz CT molecular complexity index is 875. The average Bonchev–Trinajstić information content (AvgIpc) is 2.72. The third-order valence-corrected chi connectivity index (χ3v) is 5.86. The van der Waals surface area contributed by atoms with Crippen LogP contribution in [0.15, 0.2) is 46.9 Å². The molecule has 0 bridgehead atoms. The van der Waals surface area contributed by atoms with Gasteiger partial charge in [-0.1, -0.05) is 53.0 Å². The summed E-state index contributed by atoms with van der Waals surface area (Å²) in [7, 11) is 0. The number of carbonyl (C=O) groups is 2. The quantitative estimate of drug-likeness (QED) is 0.465. The number of benzene rings is 2. The first-order valence-electron chi connectivity index (χ1n) is 10.0. The van der Waals surface area contributed by atoms with E-state index in [9.17, 15) is 9.59 Å². The maximum atomic E-state index is 13.0. The van der Waals surface area contributed by atoms with E-state index in [4.69, 9.17) is 16.3 Å². The van der Waals surface area contributed by atoms with Crippen LogP contribution in [0.3, 0.4) is 0 Å². The van der Waals surface area contributed by atoms with Gasteiger partial charge in [-0.3, -0.25) is 9.59 Å². The van der Waals surface area contributed by atoms with Gasteiger partial charge in [0, 0.05) is 22.6 Å². The van der Waals surface area contributed by atoms with Crippen molar-refractivity contribution in [2.45, 2.75) is 46.2 Å². The lowest BCUT2D eigenvalue weighted by Crippen LogP contribution is -2.49. The number of amides is 2. The zero-order chi connectivity index (χ0) is 22.1. The Morgan fingerprint density at radius 3 is 2.67 bits per heavy atom. The van der Waals surface area contributed by atoms with E-state index in [1.807, 2.05) is 31.2 Å². The second-order valence-corrected chi connectivity index (χ2v) is 8.46. The van der Waals surface area contributed by atoms with Gasteiger partial charge in [0.05, 0.1) is 0 Å². The molecule has 0 spiro atoms. The molecular weight excluding hydrogens is 468 g/mol. The van der Waals surface area contributed by atoms with Crippen LogP contribution in [0.5, 0.6) is 5.75 Å². The monoisotopic (exact) mass is 494 g/mol. The van der Waals surface area contributed by atoms with Gasteiger partial charge in [-0.25, -0.2) is 0 Å². The van der Waals surface area contributed by atoms with E-state index >= 15 is 0 Å². The number of rotatable bonds is 10. The van der Waals surface area contributed by atoms with E-state index in [1.54, 1.807) is 25.1 Å². The van der Waals surface area contributed by atoms with Gasteiger partial charge in [-0.05, 0) is 61.7 Å². The third kappa shape index (κ3) is 7.33. The smallest absolute Gasteiger partial charge is 0.261 e. The highest BCUT2D eigenvalue weighted by Gasteiger charge is 2.26. The van der Waals surface area contributed by atoms with Crippen LogP contribution in [-0.2, 0) is 16.1 Å². The molecule has 0 aliphatic rings. The lowest BCUT2D eigenvalue weighted by Gasteiger charge is -2.29. The lowest BCUT2D eigenvalue weighted by molar-refractivity contribution is -0.142. The van der Waals surface area contributed by atoms with Gasteiger partial charge in [0.2, 0.25) is 5.91 Å². The number of unbranched alkanes of at least 4 members (excludes halogenated alkanes) is 1. The van der Waals surface area contributed by atoms with Gasteiger partial charge in [-0.2, -0.15) is 0 Å². The molecule has 162 valence electrons. The second-order valence-electron chi connectivity index (χ2n) is 7.17. The molecule has 1 N–H and O–H groups in total. The van der Waals surface area contributed by atoms with Crippen LogP contribution in [0.4, 0.5) is 0 Å². The summed E-state index contributed by atoms with van der Waals surface area (Å²) < 4.78 is 6.68. The van der Waals surface area contributed by atoms with Gasteiger partial charge in [0.1, 0.15) is 11.8 Å². The normalized spacial score (nSPS) is 11.6. The summed E-state index contributed by atoms with van der Waals surface area (Å²) in [5, 5.41) is 3.48. The third-order valence-electron chi connectivity index (χ3n) is 4.73. The Morgan fingerprint density at radius 1 is 1.23 bits per heavy atom. The number of hydrogen-bond acceptors (Lipinski definition) is 3. The fraction of sp³-hybridized carbons (Fsp3) is 0.391. The Hall–Kier alpha value is -2.05. The largest absolute Gasteiger partial charge is 0.484 e. The van der Waals surface area contributed by atoms with Crippen LogP contribution in [-0.4, -0.2) is 35.9 Å². The van der Waals surface area contributed by atoms with Crippen LogP contribution in [0, 0.1) is 6.92 Å². The van der Waals surface area contributed by atoms with E-state index in [1.165, 1.54) is 4.90 Å². The highest BCUT2D eigenvalue weighted by atomic mass is 79.9. The van der Waals surface area contributed by atoms with Crippen LogP contribution >= 0.6 is 27.5 Å². The van der Waals surface area contributed by atoms with Crippen LogP contribution < -0.4 is 10.1 Å². The number of nitrogens with zero attached hydrogens (tertiary/aromatic N) is 1. The molecule has 0 radical (unpaired) electrons. The van der Waals surface area contributed by atoms with Crippen LogP contribution in [0.2, 0.25) is 5.02 Å². The molecule has 0 saturated carbocycles. The highest BCUT2D eigenvalue weighted by Crippen LogP contribution is 2.22. The molecule has 0 heterocycles. The molecule has 1 unspecified atom stereocenters. The minimum Gasteiger partial charge on any atom is -0.484 e. The van der Waals surface area contributed by atoms with Crippen molar-refractivity contribution >= 4 is 39.3 Å². The highest BCUT2D eigenvalue weighted by molar-refractivity contribution is 9.10. The van der Waals surface area contributed by atoms with Gasteiger partial charge in [0.25, 0.3) is 5.91 Å². The Balaban J connectivity index is 2.12. The zero-order valence-corrected chi connectivity index (χ0v) is 19.9. The maximum absolute atomic E-state index is 13.0. The molecule has 0 aromatic heterocycles. The van der Waals surface area contributed by atoms with Gasteiger partial charge < -0.3 is 15.0 Å². The summed E-state index contributed by atoms with van der Waals surface area (Å²) in [6.45, 7) is 6.44. The van der Waals surface area contributed by atoms with Crippen molar-refractivity contribution < 1.29 is 14.3 Å². The van der Waals surface area contributed by atoms with Crippen molar-refractivity contribution in [2.75, 3.05) is 13.2 Å². The summed E-state index contributed by atoms with van der Waals surface area (Å²) in [5.41, 5.74) is 1.86. The van der Waals surface area contributed by atoms with E-state index in [-0.39, 0.29) is 25.0 Å². The first kappa shape index (κ1) is 24.2. The summed E-state index contributed by atoms with van der Waals surface area (Å²) in [6.07, 6.45) is 1.88. The summed E-state index contributed by atoms with van der Waals surface area (Å²) in [4.78, 5) is 27.1. The van der Waals surface area contributed by atoms with Gasteiger partial charge in [-0.15, -0.1) is 0 Å². The molecule has 30 heavy (non-hydrogen) atoms. The minimum absolute atomic E-state index is 0.159. The van der Waals surface area contributed by atoms with Crippen molar-refractivity contribution in [1.29, 1.82) is 0 Å². The molecule has 5 nitrogen and oxygen atoms in total. The van der Waals surface area contributed by atoms with E-state index in [2.05, 4.69) is 28.2 Å². The van der Waals surface area contributed by atoms with Crippen molar-refractivity contribution in [1.82, 2.24) is 10.2 Å².